The van der Waals surface area contributed by atoms with Gasteiger partial charge in [-0.3, -0.25) is 9.59 Å². The second kappa shape index (κ2) is 9.13. The minimum Gasteiger partial charge on any atom is -0.376 e. The highest BCUT2D eigenvalue weighted by Crippen LogP contribution is 2.45. The van der Waals surface area contributed by atoms with Gasteiger partial charge in [-0.25, -0.2) is 0 Å². The number of aliphatic hydroxyl groups is 1. The number of amides is 2. The highest BCUT2D eigenvalue weighted by atomic mass is 35.5. The maximum absolute atomic E-state index is 13.4. The Morgan fingerprint density at radius 2 is 1.54 bits per heavy atom. The van der Waals surface area contributed by atoms with Crippen molar-refractivity contribution in [2.45, 2.75) is 74.7 Å². The van der Waals surface area contributed by atoms with Crippen molar-refractivity contribution in [3.05, 3.63) is 70.2 Å². The van der Waals surface area contributed by atoms with Gasteiger partial charge in [0.1, 0.15) is 0 Å². The van der Waals surface area contributed by atoms with Gasteiger partial charge in [0.15, 0.2) is 5.60 Å². The van der Waals surface area contributed by atoms with E-state index in [9.17, 15) is 27.9 Å². The topological polar surface area (TPSA) is 83.6 Å². The quantitative estimate of drug-likeness (QED) is 0.570. The maximum atomic E-state index is 13.4. The van der Waals surface area contributed by atoms with E-state index in [1.807, 2.05) is 17.0 Å². The van der Waals surface area contributed by atoms with Crippen molar-refractivity contribution >= 4 is 23.4 Å². The van der Waals surface area contributed by atoms with Crippen LogP contribution in [-0.4, -0.2) is 40.1 Å². The fourth-order valence-corrected chi connectivity index (χ4v) is 5.42. The summed E-state index contributed by atoms with van der Waals surface area (Å²) < 4.78 is 39.5. The Kier molecular flexibility index (Phi) is 6.66. The largest absolute Gasteiger partial charge is 0.421 e. The zero-order valence-electron chi connectivity index (χ0n) is 19.3. The Bertz CT molecular complexity index is 1110. The van der Waals surface area contributed by atoms with E-state index < -0.39 is 23.1 Å². The third-order valence-electron chi connectivity index (χ3n) is 7.48. The van der Waals surface area contributed by atoms with E-state index in [-0.39, 0.29) is 29.1 Å². The Morgan fingerprint density at radius 1 is 1.00 bits per heavy atom. The first-order valence-electron chi connectivity index (χ1n) is 11.7. The molecule has 2 aliphatic rings. The first-order chi connectivity index (χ1) is 16.4. The van der Waals surface area contributed by atoms with Crippen molar-refractivity contribution in [2.75, 3.05) is 0 Å². The fourth-order valence-electron chi connectivity index (χ4n) is 5.10. The van der Waals surface area contributed by atoms with Crippen LogP contribution in [0, 0.1) is 0 Å². The summed E-state index contributed by atoms with van der Waals surface area (Å²) in [5, 5.41) is 10.4. The Hall–Kier alpha value is -2.58. The van der Waals surface area contributed by atoms with E-state index in [1.165, 1.54) is 12.1 Å². The van der Waals surface area contributed by atoms with Gasteiger partial charge in [-0.1, -0.05) is 41.9 Å². The molecule has 2 aromatic rings. The van der Waals surface area contributed by atoms with E-state index in [0.717, 1.165) is 25.0 Å². The summed E-state index contributed by atoms with van der Waals surface area (Å²) in [5.41, 5.74) is 2.56. The standard InChI is InChI=1S/C26H28ClF3N2O3/c1-24(35,26(28,29)30)17-8-6-16(7-9-17)22(33)32(18-10-11-18)19-12-14-25(15-13-19,23(31)34)20-4-2-3-5-21(20)27/h2-9,18-19,35H,10-15H2,1H3,(H2,31,34)/t19?,24-,25?/m0/s1. The van der Waals surface area contributed by atoms with Gasteiger partial charge in [0, 0.05) is 22.7 Å². The van der Waals surface area contributed by atoms with Crippen LogP contribution in [0.4, 0.5) is 13.2 Å². The third-order valence-corrected chi connectivity index (χ3v) is 7.81. The van der Waals surface area contributed by atoms with E-state index in [1.54, 1.807) is 12.1 Å². The molecule has 2 aliphatic carbocycles. The molecule has 5 nitrogen and oxygen atoms in total. The number of nitrogens with two attached hydrogens (primary N) is 1. The van der Waals surface area contributed by atoms with E-state index >= 15 is 0 Å². The van der Waals surface area contributed by atoms with Crippen LogP contribution in [0.25, 0.3) is 0 Å². The summed E-state index contributed by atoms with van der Waals surface area (Å²) >= 11 is 6.39. The molecule has 2 saturated carbocycles. The predicted octanol–water partition coefficient (Wildman–Crippen LogP) is 5.08. The first kappa shape index (κ1) is 25.5. The molecule has 3 N–H and O–H groups in total. The lowest BCUT2D eigenvalue weighted by Crippen LogP contribution is -2.50. The monoisotopic (exact) mass is 508 g/mol. The number of carbonyl (C=O) groups is 2. The number of halogens is 4. The Morgan fingerprint density at radius 3 is 2.03 bits per heavy atom. The number of hydrogen-bond donors (Lipinski definition) is 2. The van der Waals surface area contributed by atoms with E-state index in [0.29, 0.717) is 43.2 Å². The normalized spacial score (nSPS) is 24.5. The van der Waals surface area contributed by atoms with Gasteiger partial charge >= 0.3 is 6.18 Å². The number of alkyl halides is 3. The molecule has 0 heterocycles. The molecule has 188 valence electrons. The van der Waals surface area contributed by atoms with Crippen LogP contribution in [0.1, 0.15) is 66.9 Å². The van der Waals surface area contributed by atoms with Crippen LogP contribution >= 0.6 is 11.6 Å². The zero-order chi connectivity index (χ0) is 25.6. The number of carbonyl (C=O) groups excluding carboxylic acids is 2. The molecule has 0 saturated heterocycles. The number of rotatable bonds is 6. The fraction of sp³-hybridized carbons (Fsp3) is 0.462. The zero-order valence-corrected chi connectivity index (χ0v) is 20.1. The van der Waals surface area contributed by atoms with Gasteiger partial charge in [0.05, 0.1) is 5.41 Å². The molecule has 0 aromatic heterocycles. The van der Waals surface area contributed by atoms with E-state index in [4.69, 9.17) is 17.3 Å². The molecular weight excluding hydrogens is 481 g/mol. The second-order valence-corrected chi connectivity index (χ2v) is 10.2. The molecule has 0 spiro atoms. The second-order valence-electron chi connectivity index (χ2n) is 9.75. The molecule has 35 heavy (non-hydrogen) atoms. The highest BCUT2D eigenvalue weighted by Gasteiger charge is 2.51. The molecule has 4 rings (SSSR count). The lowest BCUT2D eigenvalue weighted by atomic mass is 9.67. The van der Waals surface area contributed by atoms with Gasteiger partial charge in [-0.05, 0) is 74.8 Å². The SMILES string of the molecule is C[C@](O)(c1ccc(C(=O)N(C2CC2)C2CCC(C(N)=O)(c3ccccc3Cl)CC2)cc1)C(F)(F)F. The Labute approximate surface area is 207 Å². The van der Waals surface area contributed by atoms with E-state index in [2.05, 4.69) is 0 Å². The van der Waals surface area contributed by atoms with Gasteiger partial charge < -0.3 is 15.7 Å². The summed E-state index contributed by atoms with van der Waals surface area (Å²) in [4.78, 5) is 27.8. The van der Waals surface area contributed by atoms with Crippen LogP contribution in [-0.2, 0) is 15.8 Å². The maximum Gasteiger partial charge on any atom is 0.421 e. The Balaban J connectivity index is 1.54. The van der Waals surface area contributed by atoms with Crippen molar-refractivity contribution in [3.8, 4) is 0 Å². The van der Waals surface area contributed by atoms with Crippen LogP contribution in [0.15, 0.2) is 48.5 Å². The molecular formula is C26H28ClF3N2O3. The molecule has 2 aromatic carbocycles. The van der Waals surface area contributed by atoms with Crippen molar-refractivity contribution in [3.63, 3.8) is 0 Å². The van der Waals surface area contributed by atoms with Crippen molar-refractivity contribution in [1.29, 1.82) is 0 Å². The molecule has 0 aliphatic heterocycles. The number of benzene rings is 2. The summed E-state index contributed by atoms with van der Waals surface area (Å²) in [7, 11) is 0. The number of hydrogen-bond acceptors (Lipinski definition) is 3. The smallest absolute Gasteiger partial charge is 0.376 e. The average Bonchev–Trinajstić information content (AvgIpc) is 3.64. The van der Waals surface area contributed by atoms with Crippen molar-refractivity contribution in [1.82, 2.24) is 4.90 Å². The van der Waals surface area contributed by atoms with Gasteiger partial charge in [0.2, 0.25) is 5.91 Å². The molecule has 9 heteroatoms. The molecule has 0 unspecified atom stereocenters. The molecule has 1 atom stereocenters. The third kappa shape index (κ3) is 4.66. The minimum absolute atomic E-state index is 0.0619. The first-order valence-corrected chi connectivity index (χ1v) is 12.0. The molecule has 0 radical (unpaired) electrons. The lowest BCUT2D eigenvalue weighted by molar-refractivity contribution is -0.258. The summed E-state index contributed by atoms with van der Waals surface area (Å²) in [6, 6.07) is 12.0. The summed E-state index contributed by atoms with van der Waals surface area (Å²) in [5.74, 6) is -0.708. The highest BCUT2D eigenvalue weighted by molar-refractivity contribution is 6.31. The average molecular weight is 509 g/mol. The van der Waals surface area contributed by atoms with Gasteiger partial charge in [0.25, 0.3) is 5.91 Å². The molecule has 0 bridgehead atoms. The summed E-state index contributed by atoms with van der Waals surface area (Å²) in [6.45, 7) is 0.687. The van der Waals surface area contributed by atoms with Crippen LogP contribution in [0.2, 0.25) is 5.02 Å². The summed E-state index contributed by atoms with van der Waals surface area (Å²) in [6.07, 6.45) is -1.13. The lowest BCUT2D eigenvalue weighted by Gasteiger charge is -2.42. The predicted molar refractivity (Wildman–Crippen MR) is 126 cm³/mol. The van der Waals surface area contributed by atoms with Crippen molar-refractivity contribution in [2.24, 2.45) is 5.73 Å². The van der Waals surface area contributed by atoms with Crippen LogP contribution < -0.4 is 5.73 Å². The molecule has 2 amide bonds. The van der Waals surface area contributed by atoms with Gasteiger partial charge in [-0.15, -0.1) is 0 Å². The minimum atomic E-state index is -4.84. The van der Waals surface area contributed by atoms with Crippen molar-refractivity contribution < 1.29 is 27.9 Å². The van der Waals surface area contributed by atoms with Crippen LogP contribution in [0.5, 0.6) is 0 Å². The van der Waals surface area contributed by atoms with Crippen LogP contribution in [0.3, 0.4) is 0 Å². The van der Waals surface area contributed by atoms with Gasteiger partial charge in [-0.2, -0.15) is 13.2 Å². The molecule has 2 fully saturated rings. The number of primary amides is 1. The number of nitrogens with zero attached hydrogens (tertiary/aromatic N) is 1.